The number of para-hydroxylation sites is 1. The molecule has 1 N–H and O–H groups in total. The van der Waals surface area contributed by atoms with Gasteiger partial charge in [-0.1, -0.05) is 50.8 Å². The Bertz CT molecular complexity index is 893. The van der Waals surface area contributed by atoms with E-state index in [0.29, 0.717) is 12.1 Å². The predicted molar refractivity (Wildman–Crippen MR) is 118 cm³/mol. The lowest BCUT2D eigenvalue weighted by molar-refractivity contribution is -0.133. The van der Waals surface area contributed by atoms with Crippen LogP contribution in [0.25, 0.3) is 0 Å². The van der Waals surface area contributed by atoms with E-state index in [4.69, 9.17) is 0 Å². The lowest BCUT2D eigenvalue weighted by Gasteiger charge is -2.47. The third kappa shape index (κ3) is 4.70. The lowest BCUT2D eigenvalue weighted by Crippen LogP contribution is -2.70. The van der Waals surface area contributed by atoms with E-state index in [1.54, 1.807) is 6.92 Å². The van der Waals surface area contributed by atoms with Gasteiger partial charge in [-0.3, -0.25) is 14.5 Å². The number of nitrogens with one attached hydrogen (secondary N) is 1. The van der Waals surface area contributed by atoms with Gasteiger partial charge in [-0.15, -0.1) is 0 Å². The predicted octanol–water partition coefficient (Wildman–Crippen LogP) is 2.45. The Labute approximate surface area is 179 Å². The highest BCUT2D eigenvalue weighted by atomic mass is 32.2. The highest BCUT2D eigenvalue weighted by Crippen LogP contribution is 2.33. The van der Waals surface area contributed by atoms with Crippen molar-refractivity contribution in [2.45, 2.75) is 70.4 Å². The van der Waals surface area contributed by atoms with Gasteiger partial charge in [0, 0.05) is 18.3 Å². The van der Waals surface area contributed by atoms with Crippen LogP contribution in [-0.4, -0.2) is 55.5 Å². The molecular weight excluding hydrogens is 402 g/mol. The molecule has 0 radical (unpaired) electrons. The molecule has 1 aromatic carbocycles. The van der Waals surface area contributed by atoms with Crippen LogP contribution < -0.4 is 10.2 Å². The van der Waals surface area contributed by atoms with Crippen molar-refractivity contribution in [3.05, 3.63) is 29.8 Å². The quantitative estimate of drug-likeness (QED) is 0.720. The van der Waals surface area contributed by atoms with Crippen molar-refractivity contribution < 1.29 is 18.0 Å². The van der Waals surface area contributed by atoms with Crippen LogP contribution in [0.5, 0.6) is 0 Å². The van der Waals surface area contributed by atoms with Crippen molar-refractivity contribution in [3.63, 3.8) is 0 Å². The Morgan fingerprint density at radius 3 is 2.40 bits per heavy atom. The molecule has 1 atom stereocenters. The summed E-state index contributed by atoms with van der Waals surface area (Å²) in [7, 11) is -3.62. The smallest absolute Gasteiger partial charge is 0.247 e. The maximum Gasteiger partial charge on any atom is 0.247 e. The minimum Gasteiger partial charge on any atom is -0.351 e. The third-order valence-electron chi connectivity index (χ3n) is 6.30. The number of amides is 2. The standard InChI is InChI=1S/C22H33N3O4S/c1-4-17-11-9-10-14-19(17)25-20(26)15-24(30(3,28)29)16-22(25,2)21(27)23-18-12-7-5-6-8-13-18/h9-11,14,18H,4-8,12-13,15-16H2,1-3H3,(H,23,27)/t22-/m1/s1. The first kappa shape index (κ1) is 22.7. The van der Waals surface area contributed by atoms with Crippen LogP contribution in [0.3, 0.4) is 0 Å². The summed E-state index contributed by atoms with van der Waals surface area (Å²) >= 11 is 0. The fraction of sp³-hybridized carbons (Fsp3) is 0.636. The van der Waals surface area contributed by atoms with Crippen molar-refractivity contribution in [1.29, 1.82) is 0 Å². The first-order chi connectivity index (χ1) is 14.2. The summed E-state index contributed by atoms with van der Waals surface area (Å²) in [4.78, 5) is 28.3. The summed E-state index contributed by atoms with van der Waals surface area (Å²) in [5, 5.41) is 3.14. The molecule has 30 heavy (non-hydrogen) atoms. The Balaban J connectivity index is 2.00. The van der Waals surface area contributed by atoms with Crippen molar-refractivity contribution in [2.75, 3.05) is 24.2 Å². The second-order valence-corrected chi connectivity index (χ2v) is 10.7. The topological polar surface area (TPSA) is 86.8 Å². The van der Waals surface area contributed by atoms with Gasteiger partial charge in [0.2, 0.25) is 21.8 Å². The van der Waals surface area contributed by atoms with Gasteiger partial charge in [-0.25, -0.2) is 8.42 Å². The zero-order valence-electron chi connectivity index (χ0n) is 18.2. The number of carbonyl (C=O) groups excluding carboxylic acids is 2. The molecule has 2 fully saturated rings. The van der Waals surface area contributed by atoms with Gasteiger partial charge in [0.15, 0.2) is 0 Å². The normalized spacial score (nSPS) is 24.5. The maximum absolute atomic E-state index is 13.6. The molecule has 0 unspecified atom stereocenters. The SMILES string of the molecule is CCc1ccccc1N1C(=O)CN(S(C)(=O)=O)C[C@]1(C)C(=O)NC1CCCCCC1. The Hall–Kier alpha value is -1.93. The summed E-state index contributed by atoms with van der Waals surface area (Å²) in [5.74, 6) is -0.673. The zero-order chi connectivity index (χ0) is 21.9. The minimum atomic E-state index is -3.62. The highest BCUT2D eigenvalue weighted by molar-refractivity contribution is 7.88. The fourth-order valence-corrected chi connectivity index (χ4v) is 5.40. The highest BCUT2D eigenvalue weighted by Gasteiger charge is 2.51. The average molecular weight is 436 g/mol. The van der Waals surface area contributed by atoms with Gasteiger partial charge in [-0.2, -0.15) is 4.31 Å². The van der Waals surface area contributed by atoms with Crippen LogP contribution >= 0.6 is 0 Å². The van der Waals surface area contributed by atoms with E-state index in [2.05, 4.69) is 5.32 Å². The van der Waals surface area contributed by atoms with Crippen molar-refractivity contribution in [1.82, 2.24) is 9.62 Å². The molecule has 1 aliphatic carbocycles. The van der Waals surface area contributed by atoms with E-state index in [9.17, 15) is 18.0 Å². The van der Waals surface area contributed by atoms with Crippen LogP contribution in [0.4, 0.5) is 5.69 Å². The molecule has 1 saturated heterocycles. The zero-order valence-corrected chi connectivity index (χ0v) is 19.0. The number of anilines is 1. The maximum atomic E-state index is 13.6. The van der Waals surface area contributed by atoms with Crippen LogP contribution in [0, 0.1) is 0 Å². The van der Waals surface area contributed by atoms with E-state index in [1.165, 1.54) is 17.7 Å². The second kappa shape index (κ2) is 9.06. The van der Waals surface area contributed by atoms with Crippen molar-refractivity contribution >= 4 is 27.5 Å². The molecular formula is C22H33N3O4S. The number of hydrogen-bond acceptors (Lipinski definition) is 4. The monoisotopic (exact) mass is 435 g/mol. The summed E-state index contributed by atoms with van der Waals surface area (Å²) in [6.45, 7) is 3.36. The average Bonchev–Trinajstić information content (AvgIpc) is 2.95. The van der Waals surface area contributed by atoms with Gasteiger partial charge in [-0.05, 0) is 37.8 Å². The molecule has 0 spiro atoms. The summed E-state index contributed by atoms with van der Waals surface area (Å²) < 4.78 is 25.7. The van der Waals surface area contributed by atoms with Crippen LogP contribution in [0.2, 0.25) is 0 Å². The Kier molecular flexibility index (Phi) is 6.87. The number of rotatable bonds is 5. The molecule has 0 bridgehead atoms. The molecule has 166 valence electrons. The lowest BCUT2D eigenvalue weighted by atomic mass is 9.92. The molecule has 1 saturated carbocycles. The van der Waals surface area contributed by atoms with Crippen molar-refractivity contribution in [3.8, 4) is 0 Å². The molecule has 1 aromatic rings. The number of piperazine rings is 1. The molecule has 2 aliphatic rings. The molecule has 1 heterocycles. The number of sulfonamides is 1. The minimum absolute atomic E-state index is 0.0591. The van der Waals surface area contributed by atoms with Crippen LogP contribution in [0.1, 0.15) is 57.9 Å². The largest absolute Gasteiger partial charge is 0.351 e. The van der Waals surface area contributed by atoms with E-state index in [-0.39, 0.29) is 30.9 Å². The molecule has 1 aliphatic heterocycles. The third-order valence-corrected chi connectivity index (χ3v) is 7.50. The van der Waals surface area contributed by atoms with E-state index in [1.807, 2.05) is 31.2 Å². The van der Waals surface area contributed by atoms with Crippen molar-refractivity contribution in [2.24, 2.45) is 0 Å². The number of aryl methyl sites for hydroxylation is 1. The first-order valence-electron chi connectivity index (χ1n) is 10.8. The Morgan fingerprint density at radius 2 is 1.80 bits per heavy atom. The molecule has 3 rings (SSSR count). The molecule has 0 aromatic heterocycles. The molecule has 7 nitrogen and oxygen atoms in total. The Morgan fingerprint density at radius 1 is 1.17 bits per heavy atom. The van der Waals surface area contributed by atoms with E-state index in [0.717, 1.165) is 41.8 Å². The van der Waals surface area contributed by atoms with Crippen LogP contribution in [-0.2, 0) is 26.0 Å². The number of nitrogens with zero attached hydrogens (tertiary/aromatic N) is 2. The fourth-order valence-electron chi connectivity index (χ4n) is 4.57. The number of hydrogen-bond donors (Lipinski definition) is 1. The summed E-state index contributed by atoms with van der Waals surface area (Å²) in [6.07, 6.45) is 8.08. The molecule has 2 amide bonds. The molecule has 8 heteroatoms. The van der Waals surface area contributed by atoms with Gasteiger partial charge < -0.3 is 5.32 Å². The number of benzene rings is 1. The van der Waals surface area contributed by atoms with Gasteiger partial charge >= 0.3 is 0 Å². The second-order valence-electron chi connectivity index (χ2n) is 8.68. The van der Waals surface area contributed by atoms with E-state index >= 15 is 0 Å². The van der Waals surface area contributed by atoms with E-state index < -0.39 is 15.6 Å². The summed E-state index contributed by atoms with van der Waals surface area (Å²) in [5.41, 5.74) is 0.305. The van der Waals surface area contributed by atoms with Gasteiger partial charge in [0.1, 0.15) is 5.54 Å². The van der Waals surface area contributed by atoms with Gasteiger partial charge in [0.25, 0.3) is 0 Å². The van der Waals surface area contributed by atoms with Crippen LogP contribution in [0.15, 0.2) is 24.3 Å². The first-order valence-corrected chi connectivity index (χ1v) is 12.7. The number of carbonyl (C=O) groups is 2. The summed E-state index contributed by atoms with van der Waals surface area (Å²) in [6, 6.07) is 7.58. The van der Waals surface area contributed by atoms with Gasteiger partial charge in [0.05, 0.1) is 12.8 Å².